The molecule has 0 bridgehead atoms. The molecule has 7 nitrogen and oxygen atoms in total. The lowest BCUT2D eigenvalue weighted by molar-refractivity contribution is -0.131. The number of nitrogens with zero attached hydrogens (tertiary/aromatic N) is 3. The highest BCUT2D eigenvalue weighted by molar-refractivity contribution is 7.11. The first-order valence-electron chi connectivity index (χ1n) is 5.21. The third kappa shape index (κ3) is 3.26. The van der Waals surface area contributed by atoms with Gasteiger partial charge in [-0.3, -0.25) is 10.1 Å². The summed E-state index contributed by atoms with van der Waals surface area (Å²) in [4.78, 5) is 26.8. The molecule has 2 aromatic heterocycles. The van der Waals surface area contributed by atoms with Crippen molar-refractivity contribution >= 4 is 35.2 Å². The topological polar surface area (TPSA) is 97.1 Å². The molecule has 1 amide bonds. The van der Waals surface area contributed by atoms with Crippen molar-refractivity contribution in [3.63, 3.8) is 0 Å². The van der Waals surface area contributed by atoms with Gasteiger partial charge in [0.25, 0.3) is 5.91 Å². The van der Waals surface area contributed by atoms with Crippen molar-refractivity contribution in [2.24, 2.45) is 7.05 Å². The quantitative estimate of drug-likeness (QED) is 0.820. The highest BCUT2D eigenvalue weighted by Gasteiger charge is 2.10. The fourth-order valence-electron chi connectivity index (χ4n) is 1.30. The number of anilines is 1. The molecule has 0 radical (unpaired) electrons. The van der Waals surface area contributed by atoms with E-state index in [2.05, 4.69) is 15.4 Å². The third-order valence-corrected chi connectivity index (χ3v) is 3.11. The van der Waals surface area contributed by atoms with Crippen LogP contribution in [-0.2, 0) is 11.8 Å². The van der Waals surface area contributed by atoms with Gasteiger partial charge < -0.3 is 5.11 Å². The number of hydrogen-bond acceptors (Lipinski definition) is 5. The van der Waals surface area contributed by atoms with Gasteiger partial charge in [-0.25, -0.2) is 9.48 Å². The van der Waals surface area contributed by atoms with E-state index in [4.69, 9.17) is 5.11 Å². The van der Waals surface area contributed by atoms with Crippen LogP contribution in [0.15, 0.2) is 23.8 Å². The number of thiophene rings is 1. The zero-order chi connectivity index (χ0) is 13.8. The molecule has 19 heavy (non-hydrogen) atoms. The van der Waals surface area contributed by atoms with Gasteiger partial charge in [0.05, 0.1) is 5.56 Å². The Bertz CT molecular complexity index is 644. The Morgan fingerprint density at radius 3 is 2.95 bits per heavy atom. The average Bonchev–Trinajstić information content (AvgIpc) is 2.97. The molecule has 0 spiro atoms. The minimum absolute atomic E-state index is 0.317. The Morgan fingerprint density at radius 2 is 2.32 bits per heavy atom. The van der Waals surface area contributed by atoms with Crippen LogP contribution >= 0.6 is 11.3 Å². The predicted molar refractivity (Wildman–Crippen MR) is 69.9 cm³/mol. The van der Waals surface area contributed by atoms with E-state index < -0.39 is 5.97 Å². The van der Waals surface area contributed by atoms with Gasteiger partial charge in [-0.15, -0.1) is 11.3 Å². The smallest absolute Gasteiger partial charge is 0.328 e. The number of hydrogen-bond donors (Lipinski definition) is 2. The second kappa shape index (κ2) is 5.44. The molecule has 0 aromatic carbocycles. The maximum Gasteiger partial charge on any atom is 0.328 e. The first-order chi connectivity index (χ1) is 9.06. The van der Waals surface area contributed by atoms with E-state index in [1.807, 2.05) is 0 Å². The van der Waals surface area contributed by atoms with Gasteiger partial charge >= 0.3 is 5.97 Å². The molecule has 0 atom stereocenters. The van der Waals surface area contributed by atoms with E-state index in [0.717, 1.165) is 6.08 Å². The highest BCUT2D eigenvalue weighted by atomic mass is 32.1. The summed E-state index contributed by atoms with van der Waals surface area (Å²) < 4.78 is 1.44. The highest BCUT2D eigenvalue weighted by Crippen LogP contribution is 2.17. The molecule has 0 saturated carbocycles. The van der Waals surface area contributed by atoms with Crippen molar-refractivity contribution in [3.8, 4) is 0 Å². The number of carboxylic acid groups (broad SMARTS) is 1. The number of nitrogens with one attached hydrogen (secondary N) is 1. The van der Waals surface area contributed by atoms with Crippen molar-refractivity contribution in [2.45, 2.75) is 0 Å². The van der Waals surface area contributed by atoms with E-state index in [0.29, 0.717) is 16.4 Å². The van der Waals surface area contributed by atoms with Crippen LogP contribution in [-0.4, -0.2) is 31.7 Å². The summed E-state index contributed by atoms with van der Waals surface area (Å²) in [5, 5.41) is 16.6. The van der Waals surface area contributed by atoms with Crippen LogP contribution in [0, 0.1) is 0 Å². The van der Waals surface area contributed by atoms with Crippen molar-refractivity contribution in [1.29, 1.82) is 0 Å². The first kappa shape index (κ1) is 13.0. The second-order valence-corrected chi connectivity index (χ2v) is 4.51. The number of carboxylic acids is 1. The molecule has 2 N–H and O–H groups in total. The van der Waals surface area contributed by atoms with E-state index in [-0.39, 0.29) is 5.91 Å². The number of aryl methyl sites for hydroxylation is 1. The third-order valence-electron chi connectivity index (χ3n) is 2.21. The van der Waals surface area contributed by atoms with Crippen LogP contribution in [0.1, 0.15) is 15.2 Å². The standard InChI is InChI=1S/C11H10N4O3S/c1-15-11(12-6-13-15)14-10(18)7-4-8(19-5-7)2-3-9(16)17/h2-6H,1H3,(H,16,17)(H,12,13,14,18)/b3-2+. The van der Waals surface area contributed by atoms with Crippen molar-refractivity contribution < 1.29 is 14.7 Å². The molecular formula is C11H10N4O3S. The lowest BCUT2D eigenvalue weighted by atomic mass is 10.3. The lowest BCUT2D eigenvalue weighted by Gasteiger charge is -2.01. The summed E-state index contributed by atoms with van der Waals surface area (Å²) >= 11 is 1.28. The van der Waals surface area contributed by atoms with Crippen molar-refractivity contribution in [2.75, 3.05) is 5.32 Å². The van der Waals surface area contributed by atoms with Gasteiger partial charge in [0.1, 0.15) is 6.33 Å². The molecule has 0 unspecified atom stereocenters. The Balaban J connectivity index is 2.08. The largest absolute Gasteiger partial charge is 0.478 e. The van der Waals surface area contributed by atoms with Gasteiger partial charge in [-0.05, 0) is 12.1 Å². The van der Waals surface area contributed by atoms with E-state index in [9.17, 15) is 9.59 Å². The number of amides is 1. The zero-order valence-electron chi connectivity index (χ0n) is 9.90. The van der Waals surface area contributed by atoms with Gasteiger partial charge in [0, 0.05) is 23.4 Å². The molecule has 2 heterocycles. The summed E-state index contributed by atoms with van der Waals surface area (Å²) in [5.41, 5.74) is 0.443. The minimum atomic E-state index is -1.03. The number of carbonyl (C=O) groups excluding carboxylic acids is 1. The zero-order valence-corrected chi connectivity index (χ0v) is 10.7. The van der Waals surface area contributed by atoms with E-state index in [1.54, 1.807) is 18.5 Å². The first-order valence-corrected chi connectivity index (χ1v) is 6.09. The van der Waals surface area contributed by atoms with E-state index in [1.165, 1.54) is 28.4 Å². The summed E-state index contributed by atoms with van der Waals surface area (Å²) in [6, 6.07) is 1.61. The van der Waals surface area contributed by atoms with Gasteiger partial charge in [0.15, 0.2) is 0 Å². The maximum absolute atomic E-state index is 11.9. The Kier molecular flexibility index (Phi) is 3.71. The molecule has 0 aliphatic rings. The molecule has 2 rings (SSSR count). The van der Waals surface area contributed by atoms with Crippen LogP contribution in [0.2, 0.25) is 0 Å². The second-order valence-electron chi connectivity index (χ2n) is 3.57. The molecule has 98 valence electrons. The lowest BCUT2D eigenvalue weighted by Crippen LogP contribution is -2.14. The monoisotopic (exact) mass is 278 g/mol. The molecule has 0 aliphatic carbocycles. The van der Waals surface area contributed by atoms with Crippen LogP contribution in [0.25, 0.3) is 6.08 Å². The number of rotatable bonds is 4. The fourth-order valence-corrected chi connectivity index (χ4v) is 2.08. The number of aromatic nitrogens is 3. The van der Waals surface area contributed by atoms with Gasteiger partial charge in [-0.1, -0.05) is 0 Å². The number of carbonyl (C=O) groups is 2. The molecule has 2 aromatic rings. The van der Waals surface area contributed by atoms with Crippen LogP contribution in [0.5, 0.6) is 0 Å². The molecule has 0 aliphatic heterocycles. The summed E-state index contributed by atoms with van der Waals surface area (Å²) in [5.74, 6) is -1.00. The van der Waals surface area contributed by atoms with Gasteiger partial charge in [-0.2, -0.15) is 10.1 Å². The predicted octanol–water partition coefficient (Wildman–Crippen LogP) is 1.23. The molecular weight excluding hydrogens is 268 g/mol. The van der Waals surface area contributed by atoms with Crippen molar-refractivity contribution in [1.82, 2.24) is 14.8 Å². The Morgan fingerprint density at radius 1 is 1.53 bits per heavy atom. The maximum atomic E-state index is 11.9. The SMILES string of the molecule is Cn1ncnc1NC(=O)c1csc(/C=C/C(=O)O)c1. The van der Waals surface area contributed by atoms with E-state index >= 15 is 0 Å². The minimum Gasteiger partial charge on any atom is -0.478 e. The van der Waals surface area contributed by atoms with Crippen LogP contribution in [0.3, 0.4) is 0 Å². The average molecular weight is 278 g/mol. The normalized spacial score (nSPS) is 10.8. The van der Waals surface area contributed by atoms with Crippen LogP contribution in [0.4, 0.5) is 5.95 Å². The molecule has 0 fully saturated rings. The fraction of sp³-hybridized carbons (Fsp3) is 0.0909. The summed E-state index contributed by atoms with van der Waals surface area (Å²) in [6.45, 7) is 0. The molecule has 8 heteroatoms. The molecule has 0 saturated heterocycles. The van der Waals surface area contributed by atoms with Crippen LogP contribution < -0.4 is 5.32 Å². The Labute approximate surface area is 112 Å². The van der Waals surface area contributed by atoms with Crippen molar-refractivity contribution in [3.05, 3.63) is 34.3 Å². The summed E-state index contributed by atoms with van der Waals surface area (Å²) in [6.07, 6.45) is 3.80. The number of aliphatic carboxylic acids is 1. The van der Waals surface area contributed by atoms with Gasteiger partial charge in [0.2, 0.25) is 5.95 Å². The Hall–Kier alpha value is -2.48. The summed E-state index contributed by atoms with van der Waals surface area (Å²) in [7, 11) is 1.66.